The molecule has 0 spiro atoms. The van der Waals surface area contributed by atoms with Crippen molar-refractivity contribution in [3.8, 4) is 0 Å². The van der Waals surface area contributed by atoms with E-state index in [4.69, 9.17) is 11.6 Å². The highest BCUT2D eigenvalue weighted by Crippen LogP contribution is 2.31. The first-order valence-corrected chi connectivity index (χ1v) is 7.89. The predicted molar refractivity (Wildman–Crippen MR) is 88.6 cm³/mol. The fourth-order valence-electron chi connectivity index (χ4n) is 2.61. The van der Waals surface area contributed by atoms with Crippen LogP contribution in [0.5, 0.6) is 0 Å². The zero-order valence-corrected chi connectivity index (χ0v) is 13.4. The third-order valence-corrected chi connectivity index (χ3v) is 4.53. The van der Waals surface area contributed by atoms with E-state index in [1.54, 1.807) is 0 Å². The summed E-state index contributed by atoms with van der Waals surface area (Å²) in [6.45, 7) is 2.91. The summed E-state index contributed by atoms with van der Waals surface area (Å²) in [4.78, 5) is 2.38. The average Bonchev–Trinajstić information content (AvgIpc) is 2.51. The van der Waals surface area contributed by atoms with Crippen molar-refractivity contribution in [1.82, 2.24) is 5.32 Å². The van der Waals surface area contributed by atoms with Crippen LogP contribution in [-0.4, -0.2) is 19.6 Å². The van der Waals surface area contributed by atoms with Gasteiger partial charge in [0.1, 0.15) is 0 Å². The molecule has 1 fully saturated rings. The maximum Gasteiger partial charge on any atom is 0.0526 e. The predicted octanol–water partition coefficient (Wildman–Crippen LogP) is 4.25. The van der Waals surface area contributed by atoms with E-state index < -0.39 is 0 Å². The Hall–Kier alpha value is -1.03. The molecule has 2 aromatic rings. The summed E-state index contributed by atoms with van der Waals surface area (Å²) in [7, 11) is 0. The quantitative estimate of drug-likeness (QED) is 0.870. The Morgan fingerprint density at radius 1 is 1.15 bits per heavy atom. The van der Waals surface area contributed by atoms with Crippen molar-refractivity contribution in [2.45, 2.75) is 6.04 Å². The molecule has 1 saturated heterocycles. The Labute approximate surface area is 132 Å². The van der Waals surface area contributed by atoms with Crippen molar-refractivity contribution < 1.29 is 0 Å². The monoisotopic (exact) mass is 350 g/mol. The number of halogens is 2. The van der Waals surface area contributed by atoms with Crippen molar-refractivity contribution in [3.05, 3.63) is 63.6 Å². The van der Waals surface area contributed by atoms with Crippen molar-refractivity contribution >= 4 is 33.2 Å². The third-order valence-electron chi connectivity index (χ3n) is 3.63. The zero-order chi connectivity index (χ0) is 13.9. The molecule has 2 nitrogen and oxygen atoms in total. The molecule has 1 aliphatic rings. The molecule has 3 rings (SSSR count). The van der Waals surface area contributed by atoms with Crippen LogP contribution in [0.25, 0.3) is 0 Å². The van der Waals surface area contributed by atoms with Crippen molar-refractivity contribution in [1.29, 1.82) is 0 Å². The van der Waals surface area contributed by atoms with E-state index in [9.17, 15) is 0 Å². The highest BCUT2D eigenvalue weighted by Gasteiger charge is 2.22. The number of benzene rings is 2. The molecule has 0 aromatic heterocycles. The molecule has 0 bridgehead atoms. The van der Waals surface area contributed by atoms with Gasteiger partial charge in [0, 0.05) is 35.2 Å². The van der Waals surface area contributed by atoms with Crippen LogP contribution in [0.4, 0.5) is 5.69 Å². The number of anilines is 1. The second kappa shape index (κ2) is 6.17. The molecule has 1 heterocycles. The minimum Gasteiger partial charge on any atom is -0.367 e. The Kier molecular flexibility index (Phi) is 4.29. The van der Waals surface area contributed by atoms with E-state index in [2.05, 4.69) is 56.5 Å². The topological polar surface area (TPSA) is 15.3 Å². The summed E-state index contributed by atoms with van der Waals surface area (Å²) < 4.78 is 1.09. The lowest BCUT2D eigenvalue weighted by Gasteiger charge is -2.36. The standard InChI is InChI=1S/C16H16BrClN2/c17-14-7-6-13(18)10-16(14)20-9-8-19-15(11-20)12-4-2-1-3-5-12/h1-7,10,15,19H,8-9,11H2. The molecular formula is C16H16BrClN2. The third kappa shape index (κ3) is 3.00. The van der Waals surface area contributed by atoms with Crippen LogP contribution in [-0.2, 0) is 0 Å². The number of hydrogen-bond donors (Lipinski definition) is 1. The van der Waals surface area contributed by atoms with Gasteiger partial charge in [0.15, 0.2) is 0 Å². The van der Waals surface area contributed by atoms with Crippen molar-refractivity contribution in [3.63, 3.8) is 0 Å². The lowest BCUT2D eigenvalue weighted by molar-refractivity contribution is 0.471. The first kappa shape index (κ1) is 13.9. The molecule has 20 heavy (non-hydrogen) atoms. The summed E-state index contributed by atoms with van der Waals surface area (Å²) in [6.07, 6.45) is 0. The van der Waals surface area contributed by atoms with Crippen LogP contribution in [0.1, 0.15) is 11.6 Å². The molecule has 0 amide bonds. The Morgan fingerprint density at radius 2 is 1.95 bits per heavy atom. The van der Waals surface area contributed by atoms with Gasteiger partial charge < -0.3 is 10.2 Å². The van der Waals surface area contributed by atoms with Gasteiger partial charge in [0.05, 0.1) is 5.69 Å². The average molecular weight is 352 g/mol. The summed E-state index contributed by atoms with van der Waals surface area (Å²) in [5.41, 5.74) is 2.50. The molecular weight excluding hydrogens is 336 g/mol. The SMILES string of the molecule is Clc1ccc(Br)c(N2CCNC(c3ccccc3)C2)c1. The van der Waals surface area contributed by atoms with Gasteiger partial charge in [0.25, 0.3) is 0 Å². The summed E-state index contributed by atoms with van der Waals surface area (Å²) in [5, 5.41) is 4.36. The van der Waals surface area contributed by atoms with E-state index in [1.807, 2.05) is 18.2 Å². The Balaban J connectivity index is 1.83. The van der Waals surface area contributed by atoms with E-state index in [1.165, 1.54) is 11.3 Å². The van der Waals surface area contributed by atoms with Gasteiger partial charge in [-0.05, 0) is 39.7 Å². The van der Waals surface area contributed by atoms with E-state index in [0.717, 1.165) is 29.1 Å². The molecule has 1 atom stereocenters. The van der Waals surface area contributed by atoms with Gasteiger partial charge in [-0.15, -0.1) is 0 Å². The van der Waals surface area contributed by atoms with E-state index in [0.29, 0.717) is 6.04 Å². The second-order valence-corrected chi connectivity index (χ2v) is 6.25. The molecule has 4 heteroatoms. The lowest BCUT2D eigenvalue weighted by atomic mass is 10.0. The van der Waals surface area contributed by atoms with Gasteiger partial charge >= 0.3 is 0 Å². The second-order valence-electron chi connectivity index (χ2n) is 4.96. The zero-order valence-electron chi connectivity index (χ0n) is 11.0. The normalized spacial score (nSPS) is 19.1. The van der Waals surface area contributed by atoms with Crippen molar-refractivity contribution in [2.75, 3.05) is 24.5 Å². The first-order chi connectivity index (χ1) is 9.74. The largest absolute Gasteiger partial charge is 0.367 e. The number of rotatable bonds is 2. The van der Waals surface area contributed by atoms with Crippen LogP contribution in [0, 0.1) is 0 Å². The van der Waals surface area contributed by atoms with Gasteiger partial charge in [-0.2, -0.15) is 0 Å². The van der Waals surface area contributed by atoms with Gasteiger partial charge in [0.2, 0.25) is 0 Å². The van der Waals surface area contributed by atoms with Crippen LogP contribution in [0.15, 0.2) is 53.0 Å². The number of nitrogens with one attached hydrogen (secondary N) is 1. The van der Waals surface area contributed by atoms with Crippen LogP contribution in [0.2, 0.25) is 5.02 Å². The smallest absolute Gasteiger partial charge is 0.0526 e. The maximum absolute atomic E-state index is 6.13. The summed E-state index contributed by atoms with van der Waals surface area (Å²) in [6, 6.07) is 16.9. The van der Waals surface area contributed by atoms with Gasteiger partial charge in [-0.25, -0.2) is 0 Å². The van der Waals surface area contributed by atoms with Gasteiger partial charge in [-0.3, -0.25) is 0 Å². The summed E-state index contributed by atoms with van der Waals surface area (Å²) >= 11 is 9.75. The molecule has 1 N–H and O–H groups in total. The fraction of sp³-hybridized carbons (Fsp3) is 0.250. The highest BCUT2D eigenvalue weighted by atomic mass is 79.9. The fourth-order valence-corrected chi connectivity index (χ4v) is 3.27. The Bertz CT molecular complexity index is 588. The van der Waals surface area contributed by atoms with Crippen LogP contribution in [0.3, 0.4) is 0 Å². The molecule has 1 unspecified atom stereocenters. The molecule has 0 radical (unpaired) electrons. The maximum atomic E-state index is 6.13. The molecule has 2 aromatic carbocycles. The summed E-state index contributed by atoms with van der Waals surface area (Å²) in [5.74, 6) is 0. The first-order valence-electron chi connectivity index (χ1n) is 6.72. The van der Waals surface area contributed by atoms with E-state index in [-0.39, 0.29) is 0 Å². The van der Waals surface area contributed by atoms with Crippen LogP contribution >= 0.6 is 27.5 Å². The van der Waals surface area contributed by atoms with Crippen molar-refractivity contribution in [2.24, 2.45) is 0 Å². The molecule has 0 aliphatic carbocycles. The van der Waals surface area contributed by atoms with Crippen LogP contribution < -0.4 is 10.2 Å². The highest BCUT2D eigenvalue weighted by molar-refractivity contribution is 9.10. The minimum atomic E-state index is 0.357. The number of piperazine rings is 1. The minimum absolute atomic E-state index is 0.357. The molecule has 0 saturated carbocycles. The van der Waals surface area contributed by atoms with E-state index >= 15 is 0 Å². The molecule has 104 valence electrons. The number of hydrogen-bond acceptors (Lipinski definition) is 2. The number of nitrogens with zero attached hydrogens (tertiary/aromatic N) is 1. The Morgan fingerprint density at radius 3 is 2.75 bits per heavy atom. The molecule has 1 aliphatic heterocycles. The van der Waals surface area contributed by atoms with Gasteiger partial charge in [-0.1, -0.05) is 41.9 Å². The lowest BCUT2D eigenvalue weighted by Crippen LogP contribution is -2.46.